The van der Waals surface area contributed by atoms with E-state index in [1.165, 1.54) is 0 Å². The van der Waals surface area contributed by atoms with E-state index in [-0.39, 0.29) is 18.3 Å². The van der Waals surface area contributed by atoms with Gasteiger partial charge in [-0.2, -0.15) is 0 Å². The quantitative estimate of drug-likeness (QED) is 0.814. The Morgan fingerprint density at radius 1 is 1.29 bits per heavy atom. The number of para-hydroxylation sites is 1. The van der Waals surface area contributed by atoms with Crippen LogP contribution in [0.5, 0.6) is 0 Å². The molecule has 0 aliphatic heterocycles. The maximum absolute atomic E-state index is 11.8. The highest BCUT2D eigenvalue weighted by Gasteiger charge is 2.11. The zero-order valence-electron chi connectivity index (χ0n) is 10.6. The van der Waals surface area contributed by atoms with E-state index in [1.807, 2.05) is 12.1 Å². The summed E-state index contributed by atoms with van der Waals surface area (Å²) in [5.74, 6) is 0.938. The summed E-state index contributed by atoms with van der Waals surface area (Å²) in [6.45, 7) is 7.10. The molecule has 0 heterocycles. The van der Waals surface area contributed by atoms with Crippen molar-refractivity contribution in [2.45, 2.75) is 20.8 Å². The van der Waals surface area contributed by atoms with Crippen LogP contribution < -0.4 is 11.1 Å². The minimum absolute atomic E-state index is 0. The molecule has 1 amide bonds. The first-order valence-corrected chi connectivity index (χ1v) is 5.65. The van der Waals surface area contributed by atoms with Crippen LogP contribution in [0.25, 0.3) is 0 Å². The molecule has 3 N–H and O–H groups in total. The van der Waals surface area contributed by atoms with Gasteiger partial charge in [-0.1, -0.05) is 32.9 Å². The molecular weight excluding hydrogens is 236 g/mol. The molecule has 17 heavy (non-hydrogen) atoms. The molecule has 4 heteroatoms. The lowest BCUT2D eigenvalue weighted by Gasteiger charge is -2.16. The fourth-order valence-corrected chi connectivity index (χ4v) is 1.29. The Labute approximate surface area is 109 Å². The third-order valence-corrected chi connectivity index (χ3v) is 2.93. The third-order valence-electron chi connectivity index (χ3n) is 2.93. The number of carbonyl (C=O) groups excluding carboxylic acids is 1. The summed E-state index contributed by atoms with van der Waals surface area (Å²) in [5.41, 5.74) is 6.81. The minimum atomic E-state index is -0.0920. The molecule has 3 nitrogen and oxygen atoms in total. The van der Waals surface area contributed by atoms with E-state index in [9.17, 15) is 4.79 Å². The molecule has 0 fully saturated rings. The Morgan fingerprint density at radius 3 is 2.41 bits per heavy atom. The van der Waals surface area contributed by atoms with E-state index in [0.29, 0.717) is 29.6 Å². The molecule has 0 aliphatic carbocycles. The van der Waals surface area contributed by atoms with E-state index in [1.54, 1.807) is 12.1 Å². The van der Waals surface area contributed by atoms with E-state index in [4.69, 9.17) is 5.73 Å². The second-order valence-corrected chi connectivity index (χ2v) is 4.52. The Kier molecular flexibility index (Phi) is 6.66. The van der Waals surface area contributed by atoms with Crippen LogP contribution in [0.3, 0.4) is 0 Å². The maximum Gasteiger partial charge on any atom is 0.253 e. The van der Waals surface area contributed by atoms with Crippen molar-refractivity contribution in [1.82, 2.24) is 5.32 Å². The second kappa shape index (κ2) is 7.17. The Balaban J connectivity index is 0.00000256. The van der Waals surface area contributed by atoms with E-state index in [0.717, 1.165) is 0 Å². The number of anilines is 1. The monoisotopic (exact) mass is 256 g/mol. The van der Waals surface area contributed by atoms with E-state index in [2.05, 4.69) is 26.1 Å². The zero-order valence-corrected chi connectivity index (χ0v) is 11.4. The highest BCUT2D eigenvalue weighted by Crippen LogP contribution is 2.11. The highest BCUT2D eigenvalue weighted by molar-refractivity contribution is 5.99. The molecule has 1 aromatic rings. The summed E-state index contributed by atoms with van der Waals surface area (Å²) in [6.07, 6.45) is 0. The van der Waals surface area contributed by atoms with Gasteiger partial charge in [0.2, 0.25) is 0 Å². The lowest BCUT2D eigenvalue weighted by Crippen LogP contribution is -2.30. The predicted molar refractivity (Wildman–Crippen MR) is 74.4 cm³/mol. The third kappa shape index (κ3) is 4.65. The number of halogens is 1. The smallest absolute Gasteiger partial charge is 0.253 e. The maximum atomic E-state index is 11.8. The average molecular weight is 257 g/mol. The number of hydrogen-bond donors (Lipinski definition) is 2. The van der Waals surface area contributed by atoms with Crippen molar-refractivity contribution >= 4 is 24.0 Å². The molecule has 1 aromatic carbocycles. The van der Waals surface area contributed by atoms with Gasteiger partial charge in [-0.15, -0.1) is 12.4 Å². The summed E-state index contributed by atoms with van der Waals surface area (Å²) in [6, 6.07) is 7.12. The van der Waals surface area contributed by atoms with Crippen LogP contribution in [0.15, 0.2) is 24.3 Å². The van der Waals surface area contributed by atoms with Crippen LogP contribution in [-0.4, -0.2) is 12.5 Å². The Morgan fingerprint density at radius 2 is 1.88 bits per heavy atom. The lowest BCUT2D eigenvalue weighted by molar-refractivity contribution is 0.0946. The summed E-state index contributed by atoms with van der Waals surface area (Å²) < 4.78 is 0. The molecule has 0 aromatic heterocycles. The molecule has 0 saturated heterocycles. The lowest BCUT2D eigenvalue weighted by atomic mass is 9.98. The van der Waals surface area contributed by atoms with Crippen LogP contribution >= 0.6 is 12.4 Å². The van der Waals surface area contributed by atoms with E-state index >= 15 is 0 Å². The number of amides is 1. The number of benzene rings is 1. The first-order chi connectivity index (χ1) is 7.52. The number of carbonyl (C=O) groups is 1. The van der Waals surface area contributed by atoms with Crippen molar-refractivity contribution in [3.05, 3.63) is 29.8 Å². The summed E-state index contributed by atoms with van der Waals surface area (Å²) >= 11 is 0. The van der Waals surface area contributed by atoms with Crippen LogP contribution in [0.2, 0.25) is 0 Å². The molecule has 0 bridgehead atoms. The summed E-state index contributed by atoms with van der Waals surface area (Å²) in [5, 5.41) is 2.90. The van der Waals surface area contributed by atoms with Gasteiger partial charge >= 0.3 is 0 Å². The molecular formula is C13H21ClN2O. The van der Waals surface area contributed by atoms with Crippen molar-refractivity contribution < 1.29 is 4.79 Å². The van der Waals surface area contributed by atoms with Crippen LogP contribution in [-0.2, 0) is 0 Å². The first kappa shape index (κ1) is 15.8. The molecule has 0 saturated carbocycles. The van der Waals surface area contributed by atoms with Crippen LogP contribution in [0, 0.1) is 11.8 Å². The van der Waals surface area contributed by atoms with Gasteiger partial charge in [-0.25, -0.2) is 0 Å². The zero-order chi connectivity index (χ0) is 12.1. The Bertz CT molecular complexity index is 366. The number of rotatable bonds is 4. The number of nitrogens with one attached hydrogen (secondary N) is 1. The molecule has 0 aliphatic rings. The fourth-order valence-electron chi connectivity index (χ4n) is 1.29. The van der Waals surface area contributed by atoms with Gasteiger partial charge in [0.15, 0.2) is 0 Å². The van der Waals surface area contributed by atoms with Gasteiger partial charge in [-0.3, -0.25) is 4.79 Å². The Hall–Kier alpha value is -1.22. The molecule has 0 spiro atoms. The summed E-state index contributed by atoms with van der Waals surface area (Å²) in [4.78, 5) is 11.8. The second-order valence-electron chi connectivity index (χ2n) is 4.52. The van der Waals surface area contributed by atoms with Crippen LogP contribution in [0.1, 0.15) is 31.1 Å². The topological polar surface area (TPSA) is 55.1 Å². The van der Waals surface area contributed by atoms with Crippen molar-refractivity contribution in [2.75, 3.05) is 12.3 Å². The van der Waals surface area contributed by atoms with Gasteiger partial charge in [-0.05, 0) is 24.0 Å². The van der Waals surface area contributed by atoms with Gasteiger partial charge in [0.05, 0.1) is 5.56 Å². The molecule has 1 rings (SSSR count). The standard InChI is InChI=1S/C13H20N2O.ClH/c1-9(2)10(3)8-15-13(16)11-6-4-5-7-12(11)14;/h4-7,9-10H,8,14H2,1-3H3,(H,15,16);1H. The summed E-state index contributed by atoms with van der Waals surface area (Å²) in [7, 11) is 0. The van der Waals surface area contributed by atoms with Gasteiger partial charge < -0.3 is 11.1 Å². The number of hydrogen-bond acceptors (Lipinski definition) is 2. The van der Waals surface area contributed by atoms with Crippen molar-refractivity contribution in [3.63, 3.8) is 0 Å². The molecule has 1 unspecified atom stereocenters. The molecule has 1 atom stereocenters. The van der Waals surface area contributed by atoms with Gasteiger partial charge in [0.25, 0.3) is 5.91 Å². The number of nitrogens with two attached hydrogens (primary N) is 1. The largest absolute Gasteiger partial charge is 0.398 e. The first-order valence-electron chi connectivity index (χ1n) is 5.65. The van der Waals surface area contributed by atoms with Gasteiger partial charge in [0, 0.05) is 12.2 Å². The van der Waals surface area contributed by atoms with Gasteiger partial charge in [0.1, 0.15) is 0 Å². The van der Waals surface area contributed by atoms with E-state index < -0.39 is 0 Å². The van der Waals surface area contributed by atoms with Crippen molar-refractivity contribution in [2.24, 2.45) is 11.8 Å². The average Bonchev–Trinajstić information content (AvgIpc) is 2.25. The van der Waals surface area contributed by atoms with Crippen molar-refractivity contribution in [1.29, 1.82) is 0 Å². The molecule has 0 radical (unpaired) electrons. The predicted octanol–water partition coefficient (Wildman–Crippen LogP) is 2.71. The van der Waals surface area contributed by atoms with Crippen molar-refractivity contribution in [3.8, 4) is 0 Å². The normalized spacial score (nSPS) is 11.8. The number of nitrogen functional groups attached to an aromatic ring is 1. The fraction of sp³-hybridized carbons (Fsp3) is 0.462. The molecule has 96 valence electrons. The SMILES string of the molecule is CC(C)C(C)CNC(=O)c1ccccc1N.Cl. The minimum Gasteiger partial charge on any atom is -0.398 e. The highest BCUT2D eigenvalue weighted by atomic mass is 35.5. The van der Waals surface area contributed by atoms with Crippen LogP contribution in [0.4, 0.5) is 5.69 Å².